The summed E-state index contributed by atoms with van der Waals surface area (Å²) in [5.41, 5.74) is 1.06. The molecule has 0 aliphatic heterocycles. The highest BCUT2D eigenvalue weighted by Gasteiger charge is 2.18. The van der Waals surface area contributed by atoms with Crippen molar-refractivity contribution >= 4 is 5.91 Å². The smallest absolute Gasteiger partial charge is 0.273 e. The van der Waals surface area contributed by atoms with Crippen molar-refractivity contribution in [1.29, 1.82) is 0 Å². The standard InChI is InChI=1S/C13H19N5O2/c1-8(14-3)5-15-12(19)11-9(2)20-13(17-11)10-6-16-18(4)7-10/h6-8,14H,5H2,1-4H3,(H,15,19). The molecule has 1 amide bonds. The molecule has 0 bridgehead atoms. The molecule has 0 aliphatic rings. The normalized spacial score (nSPS) is 12.4. The van der Waals surface area contributed by atoms with Crippen LogP contribution in [0.2, 0.25) is 0 Å². The van der Waals surface area contributed by atoms with Crippen molar-refractivity contribution in [3.05, 3.63) is 23.8 Å². The number of hydrogen-bond acceptors (Lipinski definition) is 5. The van der Waals surface area contributed by atoms with Gasteiger partial charge in [-0.3, -0.25) is 9.48 Å². The quantitative estimate of drug-likeness (QED) is 0.841. The van der Waals surface area contributed by atoms with Crippen LogP contribution in [0.3, 0.4) is 0 Å². The second kappa shape index (κ2) is 5.87. The SMILES string of the molecule is CNC(C)CNC(=O)c1nc(-c2cnn(C)c2)oc1C. The molecule has 2 rings (SSSR count). The van der Waals surface area contributed by atoms with E-state index in [9.17, 15) is 4.79 Å². The first-order chi connectivity index (χ1) is 9.51. The highest BCUT2D eigenvalue weighted by molar-refractivity contribution is 5.93. The number of oxazole rings is 1. The second-order valence-electron chi connectivity index (χ2n) is 4.73. The number of nitrogens with one attached hydrogen (secondary N) is 2. The third-order valence-corrected chi connectivity index (χ3v) is 3.03. The fraction of sp³-hybridized carbons (Fsp3) is 0.462. The van der Waals surface area contributed by atoms with E-state index in [0.717, 1.165) is 5.56 Å². The molecule has 1 atom stereocenters. The topological polar surface area (TPSA) is 85.0 Å². The minimum Gasteiger partial charge on any atom is -0.440 e. The van der Waals surface area contributed by atoms with Crippen LogP contribution in [0, 0.1) is 6.92 Å². The van der Waals surface area contributed by atoms with Gasteiger partial charge in [-0.1, -0.05) is 0 Å². The number of aryl methyl sites for hydroxylation is 2. The molecule has 7 heteroatoms. The maximum atomic E-state index is 12.1. The van der Waals surface area contributed by atoms with Gasteiger partial charge in [-0.2, -0.15) is 5.10 Å². The van der Waals surface area contributed by atoms with Crippen LogP contribution in [0.1, 0.15) is 23.2 Å². The average Bonchev–Trinajstić information content (AvgIpc) is 3.01. The number of carbonyl (C=O) groups excluding carboxylic acids is 1. The Balaban J connectivity index is 2.13. The number of nitrogens with zero attached hydrogens (tertiary/aromatic N) is 3. The highest BCUT2D eigenvalue weighted by Crippen LogP contribution is 2.20. The van der Waals surface area contributed by atoms with Crippen LogP contribution >= 0.6 is 0 Å². The number of amides is 1. The van der Waals surface area contributed by atoms with Crippen molar-refractivity contribution in [3.63, 3.8) is 0 Å². The maximum Gasteiger partial charge on any atom is 0.273 e. The first-order valence-corrected chi connectivity index (χ1v) is 6.43. The summed E-state index contributed by atoms with van der Waals surface area (Å²) in [5.74, 6) is 0.671. The number of hydrogen-bond donors (Lipinski definition) is 2. The molecule has 2 aromatic rings. The van der Waals surface area contributed by atoms with Gasteiger partial charge < -0.3 is 15.1 Å². The number of likely N-dealkylation sites (N-methyl/N-ethyl adjacent to an activating group) is 1. The number of aromatic nitrogens is 3. The zero-order chi connectivity index (χ0) is 14.7. The first-order valence-electron chi connectivity index (χ1n) is 6.43. The van der Waals surface area contributed by atoms with Crippen molar-refractivity contribution in [2.24, 2.45) is 7.05 Å². The summed E-state index contributed by atoms with van der Waals surface area (Å²) >= 11 is 0. The molecule has 0 saturated heterocycles. The summed E-state index contributed by atoms with van der Waals surface area (Å²) in [5, 5.41) is 9.92. The van der Waals surface area contributed by atoms with Gasteiger partial charge in [0.05, 0.1) is 11.8 Å². The van der Waals surface area contributed by atoms with Gasteiger partial charge in [0.25, 0.3) is 5.91 Å². The van der Waals surface area contributed by atoms with Crippen LogP contribution < -0.4 is 10.6 Å². The molecular formula is C13H19N5O2. The average molecular weight is 277 g/mol. The van der Waals surface area contributed by atoms with E-state index in [2.05, 4.69) is 20.7 Å². The Morgan fingerprint density at radius 2 is 2.30 bits per heavy atom. The molecule has 0 aliphatic carbocycles. The van der Waals surface area contributed by atoms with Crippen molar-refractivity contribution in [3.8, 4) is 11.5 Å². The Morgan fingerprint density at radius 3 is 2.90 bits per heavy atom. The molecule has 0 fully saturated rings. The summed E-state index contributed by atoms with van der Waals surface area (Å²) in [6.07, 6.45) is 3.44. The van der Waals surface area contributed by atoms with Crippen LogP contribution in [-0.4, -0.2) is 40.3 Å². The van der Waals surface area contributed by atoms with E-state index in [1.165, 1.54) is 0 Å². The van der Waals surface area contributed by atoms with Gasteiger partial charge >= 0.3 is 0 Å². The Hall–Kier alpha value is -2.15. The lowest BCUT2D eigenvalue weighted by atomic mass is 10.3. The highest BCUT2D eigenvalue weighted by atomic mass is 16.4. The number of rotatable bonds is 5. The summed E-state index contributed by atoms with van der Waals surface area (Å²) in [6, 6.07) is 0.198. The van der Waals surface area contributed by atoms with Gasteiger partial charge in [-0.05, 0) is 20.9 Å². The minimum absolute atomic E-state index is 0.198. The van der Waals surface area contributed by atoms with Gasteiger partial charge in [-0.25, -0.2) is 4.98 Å². The monoisotopic (exact) mass is 277 g/mol. The van der Waals surface area contributed by atoms with Crippen LogP contribution in [0.15, 0.2) is 16.8 Å². The molecule has 108 valence electrons. The summed E-state index contributed by atoms with van der Waals surface area (Å²) < 4.78 is 7.18. The number of carbonyl (C=O) groups is 1. The van der Waals surface area contributed by atoms with Gasteiger partial charge in [0.2, 0.25) is 5.89 Å². The Labute approximate surface area is 117 Å². The lowest BCUT2D eigenvalue weighted by molar-refractivity contribution is 0.0944. The van der Waals surface area contributed by atoms with Gasteiger partial charge in [0.1, 0.15) is 5.76 Å². The van der Waals surface area contributed by atoms with E-state index in [1.807, 2.05) is 21.0 Å². The molecule has 1 unspecified atom stereocenters. The van der Waals surface area contributed by atoms with Crippen molar-refractivity contribution < 1.29 is 9.21 Å². The van der Waals surface area contributed by atoms with Crippen molar-refractivity contribution in [2.75, 3.05) is 13.6 Å². The lowest BCUT2D eigenvalue weighted by Crippen LogP contribution is -2.37. The largest absolute Gasteiger partial charge is 0.440 e. The third kappa shape index (κ3) is 3.05. The van der Waals surface area contributed by atoms with Crippen LogP contribution in [-0.2, 0) is 7.05 Å². The summed E-state index contributed by atoms with van der Waals surface area (Å²) in [4.78, 5) is 16.3. The van der Waals surface area contributed by atoms with Crippen LogP contribution in [0.5, 0.6) is 0 Å². The zero-order valence-corrected chi connectivity index (χ0v) is 12.1. The van der Waals surface area contributed by atoms with E-state index < -0.39 is 0 Å². The lowest BCUT2D eigenvalue weighted by Gasteiger charge is -2.10. The summed E-state index contributed by atoms with van der Waals surface area (Å²) in [6.45, 7) is 4.24. The molecular weight excluding hydrogens is 258 g/mol. The molecule has 2 N–H and O–H groups in total. The Morgan fingerprint density at radius 1 is 1.55 bits per heavy atom. The Kier molecular flexibility index (Phi) is 4.19. The summed E-state index contributed by atoms with van der Waals surface area (Å²) in [7, 11) is 3.66. The van der Waals surface area contributed by atoms with Crippen molar-refractivity contribution in [2.45, 2.75) is 19.9 Å². The fourth-order valence-electron chi connectivity index (χ4n) is 1.69. The molecule has 0 saturated carbocycles. The van der Waals surface area contributed by atoms with E-state index >= 15 is 0 Å². The molecule has 0 spiro atoms. The molecule has 20 heavy (non-hydrogen) atoms. The zero-order valence-electron chi connectivity index (χ0n) is 12.1. The van der Waals surface area contributed by atoms with Crippen LogP contribution in [0.25, 0.3) is 11.5 Å². The van der Waals surface area contributed by atoms with E-state index in [1.54, 1.807) is 24.0 Å². The van der Waals surface area contributed by atoms with E-state index in [0.29, 0.717) is 23.9 Å². The first kappa shape index (κ1) is 14.3. The van der Waals surface area contributed by atoms with Gasteiger partial charge in [0.15, 0.2) is 5.69 Å². The van der Waals surface area contributed by atoms with E-state index in [-0.39, 0.29) is 11.9 Å². The molecule has 0 radical (unpaired) electrons. The maximum absolute atomic E-state index is 12.1. The Bertz CT molecular complexity index is 602. The van der Waals surface area contributed by atoms with E-state index in [4.69, 9.17) is 4.42 Å². The van der Waals surface area contributed by atoms with Gasteiger partial charge in [0, 0.05) is 25.8 Å². The molecule has 7 nitrogen and oxygen atoms in total. The predicted molar refractivity (Wildman–Crippen MR) is 74.3 cm³/mol. The minimum atomic E-state index is -0.233. The van der Waals surface area contributed by atoms with Gasteiger partial charge in [-0.15, -0.1) is 0 Å². The molecule has 2 heterocycles. The predicted octanol–water partition coefficient (Wildman–Crippen LogP) is 0.721. The fourth-order valence-corrected chi connectivity index (χ4v) is 1.69. The van der Waals surface area contributed by atoms with Crippen LogP contribution in [0.4, 0.5) is 0 Å². The molecule has 0 aromatic carbocycles. The third-order valence-electron chi connectivity index (χ3n) is 3.03. The molecule has 2 aromatic heterocycles. The second-order valence-corrected chi connectivity index (χ2v) is 4.73. The van der Waals surface area contributed by atoms with Crippen molar-refractivity contribution in [1.82, 2.24) is 25.4 Å².